The van der Waals surface area contributed by atoms with Crippen LogP contribution in [-0.2, 0) is 4.74 Å². The van der Waals surface area contributed by atoms with Gasteiger partial charge >= 0.3 is 0 Å². The highest BCUT2D eigenvalue weighted by atomic mass is 35.5. The molecule has 0 bridgehead atoms. The zero-order valence-corrected chi connectivity index (χ0v) is 16.4. The smallest absolute Gasteiger partial charge is 0.193 e. The first-order valence-electron chi connectivity index (χ1n) is 8.80. The van der Waals surface area contributed by atoms with Crippen LogP contribution in [0.15, 0.2) is 60.7 Å². The van der Waals surface area contributed by atoms with E-state index in [1.807, 2.05) is 12.1 Å². The minimum absolute atomic E-state index is 0.00451. The second-order valence-electron chi connectivity index (χ2n) is 6.14. The van der Waals surface area contributed by atoms with Gasteiger partial charge in [0, 0.05) is 34.4 Å². The molecule has 0 aliphatic carbocycles. The summed E-state index contributed by atoms with van der Waals surface area (Å²) in [6.45, 7) is 0.440. The Morgan fingerprint density at radius 1 is 1.07 bits per heavy atom. The van der Waals surface area contributed by atoms with Crippen molar-refractivity contribution in [3.05, 3.63) is 88.2 Å². The van der Waals surface area contributed by atoms with Gasteiger partial charge in [-0.25, -0.2) is 4.39 Å². The Balaban J connectivity index is 2.09. The number of hydrogen-bond acceptors (Lipinski definition) is 4. The maximum Gasteiger partial charge on any atom is 0.193 e. The lowest BCUT2D eigenvalue weighted by atomic mass is 9.95. The van der Waals surface area contributed by atoms with Crippen LogP contribution in [0.25, 0.3) is 11.1 Å². The molecule has 0 heterocycles. The lowest BCUT2D eigenvalue weighted by molar-refractivity contribution is 0.103. The number of benzene rings is 3. The van der Waals surface area contributed by atoms with Crippen LogP contribution in [0.5, 0.6) is 5.75 Å². The van der Waals surface area contributed by atoms with E-state index in [1.165, 1.54) is 31.4 Å². The summed E-state index contributed by atoms with van der Waals surface area (Å²) in [4.78, 5) is 12.8. The molecule has 0 saturated heterocycles. The van der Waals surface area contributed by atoms with Gasteiger partial charge in [0.05, 0.1) is 18.2 Å². The lowest BCUT2D eigenvalue weighted by Crippen LogP contribution is -2.07. The topological polar surface area (TPSA) is 59.3 Å². The number of halogens is 2. The van der Waals surface area contributed by atoms with Gasteiger partial charge in [-0.15, -0.1) is 0 Å². The highest BCUT2D eigenvalue weighted by molar-refractivity contribution is 6.33. The maximum absolute atomic E-state index is 15.2. The Kier molecular flexibility index (Phi) is 6.61. The number of rotatable bonds is 7. The highest BCUT2D eigenvalue weighted by Gasteiger charge is 2.20. The molecule has 0 atom stereocenters. The van der Waals surface area contributed by atoms with Crippen LogP contribution in [0.2, 0.25) is 5.02 Å². The first-order chi connectivity index (χ1) is 14.1. The van der Waals surface area contributed by atoms with Gasteiger partial charge in [-0.1, -0.05) is 41.9 Å². The van der Waals surface area contributed by atoms with Crippen molar-refractivity contribution >= 4 is 17.4 Å². The molecule has 0 aromatic heterocycles. The maximum atomic E-state index is 15.2. The summed E-state index contributed by atoms with van der Waals surface area (Å²) in [6, 6.07) is 18.1. The van der Waals surface area contributed by atoms with Crippen molar-refractivity contribution < 1.29 is 18.7 Å². The Labute approximate surface area is 173 Å². The molecule has 146 valence electrons. The molecule has 29 heavy (non-hydrogen) atoms. The van der Waals surface area contributed by atoms with Crippen molar-refractivity contribution in [1.82, 2.24) is 0 Å². The molecule has 0 aliphatic rings. The van der Waals surface area contributed by atoms with Crippen molar-refractivity contribution in [1.29, 1.82) is 5.26 Å². The monoisotopic (exact) mass is 409 g/mol. The number of methoxy groups -OCH3 is 1. The summed E-state index contributed by atoms with van der Waals surface area (Å²) in [5.74, 6) is -0.965. The molecule has 0 fully saturated rings. The number of nitrogens with zero attached hydrogens (tertiary/aromatic N) is 1. The average molecular weight is 410 g/mol. The van der Waals surface area contributed by atoms with Gasteiger partial charge in [-0.2, -0.15) is 5.26 Å². The van der Waals surface area contributed by atoms with Gasteiger partial charge in [0.25, 0.3) is 0 Å². The van der Waals surface area contributed by atoms with E-state index in [-0.39, 0.29) is 46.5 Å². The molecule has 0 aliphatic heterocycles. The lowest BCUT2D eigenvalue weighted by Gasteiger charge is -2.14. The Bertz CT molecular complexity index is 1080. The van der Waals surface area contributed by atoms with Gasteiger partial charge in [-0.05, 0) is 30.3 Å². The minimum Gasteiger partial charge on any atom is -0.488 e. The SMILES string of the molecule is COCCOc1ccc(C#N)c(-c2cc(C(=O)c3ccccc3)ccc2Cl)c1F. The largest absolute Gasteiger partial charge is 0.488 e. The third-order valence-corrected chi connectivity index (χ3v) is 4.64. The Morgan fingerprint density at radius 2 is 1.83 bits per heavy atom. The number of ether oxygens (including phenoxy) is 2. The molecule has 3 aromatic rings. The number of hydrogen-bond donors (Lipinski definition) is 0. The van der Waals surface area contributed by atoms with E-state index in [4.69, 9.17) is 21.1 Å². The highest BCUT2D eigenvalue weighted by Crippen LogP contribution is 2.37. The van der Waals surface area contributed by atoms with Crippen molar-refractivity contribution in [2.75, 3.05) is 20.3 Å². The number of carbonyl (C=O) groups is 1. The van der Waals surface area contributed by atoms with E-state index in [1.54, 1.807) is 30.3 Å². The predicted octanol–water partition coefficient (Wildman–Crippen LogP) is 5.27. The fraction of sp³-hybridized carbons (Fsp3) is 0.130. The second kappa shape index (κ2) is 9.33. The molecular weight excluding hydrogens is 393 g/mol. The molecule has 0 unspecified atom stereocenters. The van der Waals surface area contributed by atoms with Crippen LogP contribution in [0.4, 0.5) is 4.39 Å². The first kappa shape index (κ1) is 20.5. The Morgan fingerprint density at radius 3 is 2.52 bits per heavy atom. The van der Waals surface area contributed by atoms with Crippen LogP contribution in [-0.4, -0.2) is 26.1 Å². The predicted molar refractivity (Wildman–Crippen MR) is 109 cm³/mol. The summed E-state index contributed by atoms with van der Waals surface area (Å²) < 4.78 is 25.5. The zero-order valence-electron chi connectivity index (χ0n) is 15.6. The van der Waals surface area contributed by atoms with Crippen LogP contribution < -0.4 is 4.74 Å². The van der Waals surface area contributed by atoms with Gasteiger partial charge in [0.2, 0.25) is 0 Å². The summed E-state index contributed by atoms with van der Waals surface area (Å²) in [7, 11) is 1.51. The van der Waals surface area contributed by atoms with Crippen molar-refractivity contribution in [2.45, 2.75) is 0 Å². The van der Waals surface area contributed by atoms with Crippen LogP contribution in [0.3, 0.4) is 0 Å². The third-order valence-electron chi connectivity index (χ3n) is 4.31. The first-order valence-corrected chi connectivity index (χ1v) is 9.18. The van der Waals surface area contributed by atoms with E-state index < -0.39 is 5.82 Å². The van der Waals surface area contributed by atoms with E-state index in [0.29, 0.717) is 11.1 Å². The second-order valence-corrected chi connectivity index (χ2v) is 6.55. The Hall–Kier alpha value is -3.20. The third kappa shape index (κ3) is 4.45. The molecule has 3 rings (SSSR count). The molecule has 6 heteroatoms. The average Bonchev–Trinajstić information content (AvgIpc) is 2.75. The summed E-state index contributed by atoms with van der Waals surface area (Å²) in [5, 5.41) is 9.69. The van der Waals surface area contributed by atoms with Gasteiger partial charge < -0.3 is 9.47 Å². The molecular formula is C23H17ClFNO3. The quantitative estimate of drug-likeness (QED) is 0.394. The van der Waals surface area contributed by atoms with E-state index in [0.717, 1.165) is 0 Å². The van der Waals surface area contributed by atoms with Crippen LogP contribution >= 0.6 is 11.6 Å². The normalized spacial score (nSPS) is 10.4. The van der Waals surface area contributed by atoms with Crippen molar-refractivity contribution in [3.63, 3.8) is 0 Å². The molecule has 0 spiro atoms. The van der Waals surface area contributed by atoms with Gasteiger partial charge in [0.1, 0.15) is 6.61 Å². The number of nitriles is 1. The zero-order chi connectivity index (χ0) is 20.8. The number of ketones is 1. The molecule has 3 aromatic carbocycles. The fourth-order valence-corrected chi connectivity index (χ4v) is 3.09. The van der Waals surface area contributed by atoms with Crippen molar-refractivity contribution in [2.24, 2.45) is 0 Å². The molecule has 0 radical (unpaired) electrons. The summed E-state index contributed by atoms with van der Waals surface area (Å²) in [5.41, 5.74) is 1.17. The summed E-state index contributed by atoms with van der Waals surface area (Å²) in [6.07, 6.45) is 0. The van der Waals surface area contributed by atoms with Gasteiger partial charge in [0.15, 0.2) is 17.3 Å². The minimum atomic E-state index is -0.716. The molecule has 0 amide bonds. The van der Waals surface area contributed by atoms with Crippen LogP contribution in [0.1, 0.15) is 21.5 Å². The number of carbonyl (C=O) groups excluding carboxylic acids is 1. The molecule has 0 saturated carbocycles. The van der Waals surface area contributed by atoms with Gasteiger partial charge in [-0.3, -0.25) is 4.79 Å². The van der Waals surface area contributed by atoms with E-state index in [9.17, 15) is 10.1 Å². The summed E-state index contributed by atoms with van der Waals surface area (Å²) >= 11 is 6.31. The van der Waals surface area contributed by atoms with Crippen LogP contribution in [0, 0.1) is 17.1 Å². The van der Waals surface area contributed by atoms with E-state index >= 15 is 4.39 Å². The molecule has 4 nitrogen and oxygen atoms in total. The fourth-order valence-electron chi connectivity index (χ4n) is 2.87. The van der Waals surface area contributed by atoms with E-state index in [2.05, 4.69) is 0 Å². The standard InChI is InChI=1S/C23H17ClFNO3/c1-28-11-12-29-20-10-8-17(14-26)21(22(20)25)18-13-16(7-9-19(18)24)23(27)15-5-3-2-4-6-15/h2-10,13H,11-12H2,1H3. The molecule has 0 N–H and O–H groups in total. The van der Waals surface area contributed by atoms with Crippen molar-refractivity contribution in [3.8, 4) is 22.9 Å².